The smallest absolute Gasteiger partial charge is 0.419 e. The zero-order valence-electron chi connectivity index (χ0n) is 31.8. The van der Waals surface area contributed by atoms with Crippen LogP contribution in [0.5, 0.6) is 0 Å². The highest BCUT2D eigenvalue weighted by Crippen LogP contribution is 2.64. The Morgan fingerprint density at radius 1 is 0.824 bits per heavy atom. The zero-order valence-corrected chi connectivity index (χ0v) is 34.2. The maximum atomic E-state index is 14.9. The van der Waals surface area contributed by atoms with Crippen molar-refractivity contribution < 1.29 is 37.7 Å². The maximum absolute atomic E-state index is 14.9. The Balaban J connectivity index is 1.97. The molecule has 0 bridgehead atoms. The fraction of sp³-hybridized carbons (Fsp3) is 0.605. The molecule has 2 atom stereocenters. The average molecular weight is 770 g/mol. The quantitative estimate of drug-likeness (QED) is 0.0954. The van der Waals surface area contributed by atoms with Crippen LogP contribution in [0.25, 0.3) is 11.1 Å². The molecule has 0 aromatic heterocycles. The maximum Gasteiger partial charge on any atom is 0.419 e. The molecule has 1 fully saturated rings. The molecule has 0 N–H and O–H groups in total. The highest BCUT2D eigenvalue weighted by Gasteiger charge is 2.59. The van der Waals surface area contributed by atoms with Gasteiger partial charge < -0.3 is 18.7 Å². The normalized spacial score (nSPS) is 20.1. The van der Waals surface area contributed by atoms with Gasteiger partial charge in [-0.05, 0) is 129 Å². The van der Waals surface area contributed by atoms with Crippen LogP contribution in [0, 0.1) is 0 Å². The number of unbranched alkanes of at least 4 members (excludes halogenated alkanes) is 1. The molecule has 0 aliphatic carbocycles. The minimum atomic E-state index is -3.63. The standard InChI is InChI=1S/C38H55Cl2N2O8P/c1-11-47-51(46)23-22-41(25-28-16-19-30(40)24-31(28)27-14-17-29(39)18-15-27)26-38(51,32(43)48-35(2,3)4)20-12-13-21-42(33(44)49-36(5,6)7)34(45)50-37(8,9)10/h14-19,24H,11-13,20-23,25-26H2,1-10H3. The molecular weight excluding hydrogens is 714 g/mol. The summed E-state index contributed by atoms with van der Waals surface area (Å²) < 4.78 is 38.0. The third-order valence-corrected chi connectivity index (χ3v) is 11.8. The first-order valence-corrected chi connectivity index (χ1v) is 20.0. The summed E-state index contributed by atoms with van der Waals surface area (Å²) in [6.45, 7) is 18.5. The van der Waals surface area contributed by atoms with Gasteiger partial charge in [-0.15, -0.1) is 0 Å². The number of rotatable bonds is 11. The molecule has 2 unspecified atom stereocenters. The molecule has 2 aromatic rings. The van der Waals surface area contributed by atoms with Crippen molar-refractivity contribution in [1.29, 1.82) is 0 Å². The second kappa shape index (κ2) is 17.0. The topological polar surface area (TPSA) is 112 Å². The van der Waals surface area contributed by atoms with E-state index in [2.05, 4.69) is 4.90 Å². The lowest BCUT2D eigenvalue weighted by atomic mass is 9.96. The van der Waals surface area contributed by atoms with Gasteiger partial charge >= 0.3 is 18.2 Å². The predicted molar refractivity (Wildman–Crippen MR) is 203 cm³/mol. The summed E-state index contributed by atoms with van der Waals surface area (Å²) in [5, 5.41) is -0.310. The van der Waals surface area contributed by atoms with Crippen LogP contribution in [-0.2, 0) is 34.6 Å². The van der Waals surface area contributed by atoms with Crippen LogP contribution >= 0.6 is 30.6 Å². The number of hydrogen-bond acceptors (Lipinski definition) is 9. The first kappa shape index (κ1) is 42.8. The molecule has 0 radical (unpaired) electrons. The monoisotopic (exact) mass is 768 g/mol. The van der Waals surface area contributed by atoms with Crippen molar-refractivity contribution in [2.24, 2.45) is 0 Å². The Labute approximate surface area is 313 Å². The highest BCUT2D eigenvalue weighted by atomic mass is 35.5. The van der Waals surface area contributed by atoms with Crippen molar-refractivity contribution in [3.05, 3.63) is 58.1 Å². The molecular formula is C38H55Cl2N2O8P. The Morgan fingerprint density at radius 2 is 1.37 bits per heavy atom. The molecule has 13 heteroatoms. The van der Waals surface area contributed by atoms with Crippen LogP contribution in [0.15, 0.2) is 42.5 Å². The summed E-state index contributed by atoms with van der Waals surface area (Å²) >= 11 is 12.6. The van der Waals surface area contributed by atoms with E-state index in [1.54, 1.807) is 69.2 Å². The Hall–Kier alpha value is -2.62. The Bertz CT molecular complexity index is 1550. The fourth-order valence-corrected chi connectivity index (χ4v) is 9.21. The summed E-state index contributed by atoms with van der Waals surface area (Å²) in [6, 6.07) is 13.2. The second-order valence-corrected chi connectivity index (χ2v) is 19.7. The molecule has 3 rings (SSSR count). The van der Waals surface area contributed by atoms with Gasteiger partial charge in [0, 0.05) is 42.4 Å². The minimum absolute atomic E-state index is 0.0356. The number of benzene rings is 2. The molecule has 2 aromatic carbocycles. The molecule has 1 saturated heterocycles. The highest BCUT2D eigenvalue weighted by molar-refractivity contribution is 7.62. The lowest BCUT2D eigenvalue weighted by Crippen LogP contribution is -2.56. The molecule has 0 spiro atoms. The summed E-state index contributed by atoms with van der Waals surface area (Å²) in [5.74, 6) is -0.596. The summed E-state index contributed by atoms with van der Waals surface area (Å²) in [7, 11) is -3.63. The first-order chi connectivity index (χ1) is 23.5. The van der Waals surface area contributed by atoms with Gasteiger partial charge in [-0.1, -0.05) is 41.4 Å². The van der Waals surface area contributed by atoms with Crippen LogP contribution in [0.3, 0.4) is 0 Å². The van der Waals surface area contributed by atoms with Gasteiger partial charge in [0.15, 0.2) is 5.16 Å². The number of carbonyl (C=O) groups excluding carboxylic acids is 3. The second-order valence-electron chi connectivity index (χ2n) is 15.9. The molecule has 0 saturated carbocycles. The van der Waals surface area contributed by atoms with Crippen molar-refractivity contribution in [3.63, 3.8) is 0 Å². The lowest BCUT2D eigenvalue weighted by molar-refractivity contribution is -0.160. The molecule has 1 aliphatic heterocycles. The van der Waals surface area contributed by atoms with Gasteiger partial charge in [0.25, 0.3) is 0 Å². The number of esters is 1. The van der Waals surface area contributed by atoms with Gasteiger partial charge in [-0.25, -0.2) is 14.5 Å². The molecule has 2 amide bonds. The number of ether oxygens (including phenoxy) is 3. The third-order valence-electron chi connectivity index (χ3n) is 8.04. The van der Waals surface area contributed by atoms with E-state index in [0.717, 1.165) is 21.6 Å². The molecule has 284 valence electrons. The van der Waals surface area contributed by atoms with Gasteiger partial charge in [0.2, 0.25) is 7.37 Å². The van der Waals surface area contributed by atoms with Crippen molar-refractivity contribution in [1.82, 2.24) is 9.80 Å². The van der Waals surface area contributed by atoms with E-state index in [9.17, 15) is 18.9 Å². The van der Waals surface area contributed by atoms with Crippen molar-refractivity contribution in [2.75, 3.05) is 32.4 Å². The molecule has 51 heavy (non-hydrogen) atoms. The number of hydrogen-bond donors (Lipinski definition) is 0. The van der Waals surface area contributed by atoms with Gasteiger partial charge in [0.1, 0.15) is 16.8 Å². The number of carbonyl (C=O) groups is 3. The Morgan fingerprint density at radius 3 is 1.90 bits per heavy atom. The number of nitrogens with zero attached hydrogens (tertiary/aromatic N) is 2. The zero-order chi connectivity index (χ0) is 38.4. The van der Waals surface area contributed by atoms with Crippen LogP contribution in [0.4, 0.5) is 9.59 Å². The predicted octanol–water partition coefficient (Wildman–Crippen LogP) is 10.2. The largest absolute Gasteiger partial charge is 0.459 e. The third kappa shape index (κ3) is 12.2. The van der Waals surface area contributed by atoms with E-state index >= 15 is 0 Å². The number of halogens is 2. The van der Waals surface area contributed by atoms with Crippen LogP contribution in [0.1, 0.15) is 94.1 Å². The molecule has 10 nitrogen and oxygen atoms in total. The van der Waals surface area contributed by atoms with E-state index in [4.69, 9.17) is 41.9 Å². The van der Waals surface area contributed by atoms with Crippen LogP contribution < -0.4 is 0 Å². The fourth-order valence-electron chi connectivity index (χ4n) is 5.91. The molecule has 1 heterocycles. The van der Waals surface area contributed by atoms with E-state index < -0.39 is 47.5 Å². The minimum Gasteiger partial charge on any atom is -0.459 e. The van der Waals surface area contributed by atoms with E-state index in [0.29, 0.717) is 29.6 Å². The van der Waals surface area contributed by atoms with Gasteiger partial charge in [0.05, 0.1) is 6.61 Å². The van der Waals surface area contributed by atoms with Crippen molar-refractivity contribution >= 4 is 48.7 Å². The van der Waals surface area contributed by atoms with Gasteiger partial charge in [-0.2, -0.15) is 0 Å². The first-order valence-electron chi connectivity index (χ1n) is 17.4. The Kier molecular flexibility index (Phi) is 14.3. The van der Waals surface area contributed by atoms with Crippen LogP contribution in [0.2, 0.25) is 10.0 Å². The molecule has 1 aliphatic rings. The summed E-state index contributed by atoms with van der Waals surface area (Å²) in [4.78, 5) is 43.6. The average Bonchev–Trinajstić information content (AvgIpc) is 2.97. The van der Waals surface area contributed by atoms with Crippen molar-refractivity contribution in [3.8, 4) is 11.1 Å². The van der Waals surface area contributed by atoms with Gasteiger partial charge in [-0.3, -0.25) is 14.3 Å². The lowest BCUT2D eigenvalue weighted by Gasteiger charge is -2.46. The SMILES string of the molecule is CCOP1(=O)CCN(Cc2ccc(Cl)cc2-c2ccc(Cl)cc2)CC1(CCCCN(C(=O)OC(C)(C)C)C(=O)OC(C)(C)C)C(=O)OC(C)(C)C. The number of amides is 2. The summed E-state index contributed by atoms with van der Waals surface area (Å²) in [5.41, 5.74) is 0.289. The summed E-state index contributed by atoms with van der Waals surface area (Å²) in [6.07, 6.45) is -0.775. The number of imide groups is 1. The van der Waals surface area contributed by atoms with E-state index in [1.165, 1.54) is 0 Å². The van der Waals surface area contributed by atoms with Crippen molar-refractivity contribution in [2.45, 2.75) is 117 Å². The van der Waals surface area contributed by atoms with Crippen LogP contribution in [-0.4, -0.2) is 82.3 Å². The van der Waals surface area contributed by atoms with E-state index in [-0.39, 0.29) is 38.7 Å². The van der Waals surface area contributed by atoms with E-state index in [1.807, 2.05) is 42.5 Å².